The van der Waals surface area contributed by atoms with Crippen LogP contribution in [0.25, 0.3) is 0 Å². The fourth-order valence-electron chi connectivity index (χ4n) is 3.11. The standard InChI is InChI=1S/C18H24N6O3S2/c19-18(12-25,13-4-2-1-3-5-13)14(21-16-22-23-17(28)29-16)15(26)20-6-7-24-8-10-27-11-9-24/h1-5,12,14H,6-11,19H2,(H,20,26)(H,21,22)(H,23,28). The second-order valence-corrected chi connectivity index (χ2v) is 8.32. The van der Waals surface area contributed by atoms with Crippen molar-refractivity contribution < 1.29 is 14.3 Å². The van der Waals surface area contributed by atoms with Gasteiger partial charge < -0.3 is 25.9 Å². The number of aromatic nitrogens is 2. The van der Waals surface area contributed by atoms with Gasteiger partial charge in [0.05, 0.1) is 13.2 Å². The summed E-state index contributed by atoms with van der Waals surface area (Å²) in [6.45, 7) is 4.14. The van der Waals surface area contributed by atoms with Gasteiger partial charge in [0, 0.05) is 26.2 Å². The first-order valence-electron chi connectivity index (χ1n) is 9.23. The number of carbonyl (C=O) groups is 2. The summed E-state index contributed by atoms with van der Waals surface area (Å²) in [5.41, 5.74) is 5.39. The van der Waals surface area contributed by atoms with Gasteiger partial charge in [0.2, 0.25) is 11.0 Å². The van der Waals surface area contributed by atoms with Gasteiger partial charge in [0.25, 0.3) is 0 Å². The average molecular weight is 437 g/mol. The van der Waals surface area contributed by atoms with E-state index in [9.17, 15) is 9.59 Å². The van der Waals surface area contributed by atoms with Crippen molar-refractivity contribution >= 4 is 40.9 Å². The van der Waals surface area contributed by atoms with E-state index < -0.39 is 17.5 Å². The lowest BCUT2D eigenvalue weighted by atomic mass is 9.84. The number of hydrogen-bond acceptors (Lipinski definition) is 9. The number of H-pyrrole nitrogens is 1. The van der Waals surface area contributed by atoms with Crippen LogP contribution in [0.2, 0.25) is 0 Å². The molecule has 1 aromatic carbocycles. The van der Waals surface area contributed by atoms with Gasteiger partial charge in [-0.25, -0.2) is 0 Å². The molecule has 9 nitrogen and oxygen atoms in total. The predicted octanol–water partition coefficient (Wildman–Crippen LogP) is 0.483. The number of benzene rings is 1. The molecule has 1 aliphatic heterocycles. The summed E-state index contributed by atoms with van der Waals surface area (Å²) in [6, 6.07) is 7.73. The summed E-state index contributed by atoms with van der Waals surface area (Å²) in [5, 5.41) is 12.9. The van der Waals surface area contributed by atoms with Crippen LogP contribution in [0.1, 0.15) is 5.56 Å². The number of aromatic amines is 1. The van der Waals surface area contributed by atoms with E-state index in [1.807, 2.05) is 6.07 Å². The number of nitrogens with two attached hydrogens (primary N) is 1. The van der Waals surface area contributed by atoms with Gasteiger partial charge in [-0.1, -0.05) is 41.7 Å². The van der Waals surface area contributed by atoms with E-state index in [4.69, 9.17) is 22.7 Å². The van der Waals surface area contributed by atoms with Crippen molar-refractivity contribution in [3.05, 3.63) is 39.8 Å². The van der Waals surface area contributed by atoms with Crippen molar-refractivity contribution in [3.8, 4) is 0 Å². The largest absolute Gasteiger partial charge is 0.379 e. The third-order valence-electron chi connectivity index (χ3n) is 4.75. The summed E-state index contributed by atoms with van der Waals surface area (Å²) in [4.78, 5) is 27.3. The van der Waals surface area contributed by atoms with Crippen molar-refractivity contribution in [3.63, 3.8) is 0 Å². The highest BCUT2D eigenvalue weighted by Crippen LogP contribution is 2.24. The van der Waals surface area contributed by atoms with E-state index in [0.717, 1.165) is 13.1 Å². The molecular weight excluding hydrogens is 412 g/mol. The highest BCUT2D eigenvalue weighted by molar-refractivity contribution is 7.73. The van der Waals surface area contributed by atoms with Crippen LogP contribution in [0.15, 0.2) is 30.3 Å². The SMILES string of the molecule is NC(C=O)(c1ccccc1)C(Nc1n[nH]c(=S)s1)C(=O)NCCN1CCOCC1. The Kier molecular flexibility index (Phi) is 7.45. The minimum atomic E-state index is -1.59. The molecule has 3 rings (SSSR count). The number of morpholine rings is 1. The Morgan fingerprint density at radius 2 is 2.14 bits per heavy atom. The highest BCUT2D eigenvalue weighted by Gasteiger charge is 2.42. The Bertz CT molecular complexity index is 868. The number of anilines is 1. The molecule has 2 heterocycles. The molecule has 0 bridgehead atoms. The number of hydrogen-bond donors (Lipinski definition) is 4. The smallest absolute Gasteiger partial charge is 0.245 e. The molecule has 0 aliphatic carbocycles. The first-order chi connectivity index (χ1) is 14.0. The maximum Gasteiger partial charge on any atom is 0.245 e. The molecule has 1 aliphatic rings. The summed E-state index contributed by atoms with van der Waals surface area (Å²) >= 11 is 6.22. The summed E-state index contributed by atoms with van der Waals surface area (Å²) in [6.07, 6.45) is 0.591. The number of nitrogens with zero attached hydrogens (tertiary/aromatic N) is 2. The molecule has 2 unspecified atom stereocenters. The van der Waals surface area contributed by atoms with E-state index in [-0.39, 0.29) is 0 Å². The van der Waals surface area contributed by atoms with Gasteiger partial charge in [0.15, 0.2) is 3.95 Å². The Morgan fingerprint density at radius 3 is 2.76 bits per heavy atom. The van der Waals surface area contributed by atoms with Gasteiger partial charge in [0.1, 0.15) is 17.9 Å². The lowest BCUT2D eigenvalue weighted by molar-refractivity contribution is -0.126. The number of aldehydes is 1. The third-order valence-corrected chi connectivity index (χ3v) is 5.77. The molecule has 1 aromatic heterocycles. The molecule has 156 valence electrons. The molecule has 0 spiro atoms. The maximum atomic E-state index is 13.1. The van der Waals surface area contributed by atoms with Crippen LogP contribution in [-0.4, -0.2) is 72.7 Å². The summed E-state index contributed by atoms with van der Waals surface area (Å²) < 4.78 is 5.78. The van der Waals surface area contributed by atoms with Crippen molar-refractivity contribution in [1.82, 2.24) is 20.4 Å². The van der Waals surface area contributed by atoms with E-state index in [2.05, 4.69) is 25.7 Å². The molecule has 2 aromatic rings. The van der Waals surface area contributed by atoms with Crippen molar-refractivity contribution in [1.29, 1.82) is 0 Å². The quantitative estimate of drug-likeness (QED) is 0.330. The molecule has 1 saturated heterocycles. The monoisotopic (exact) mass is 436 g/mol. The lowest BCUT2D eigenvalue weighted by Crippen LogP contribution is -2.60. The number of nitrogens with one attached hydrogen (secondary N) is 3. The molecule has 1 fully saturated rings. The molecule has 2 atom stereocenters. The lowest BCUT2D eigenvalue weighted by Gasteiger charge is -2.33. The third kappa shape index (κ3) is 5.46. The minimum absolute atomic E-state index is 0.385. The normalized spacial score (nSPS) is 17.8. The topological polar surface area (TPSA) is 125 Å². The van der Waals surface area contributed by atoms with Crippen LogP contribution in [0.3, 0.4) is 0 Å². The second kappa shape index (κ2) is 10.0. The van der Waals surface area contributed by atoms with Crippen molar-refractivity contribution in [2.24, 2.45) is 5.73 Å². The molecule has 1 amide bonds. The van der Waals surface area contributed by atoms with E-state index in [1.165, 1.54) is 11.3 Å². The fourth-order valence-corrected chi connectivity index (χ4v) is 3.93. The Labute approximate surface area is 177 Å². The van der Waals surface area contributed by atoms with Gasteiger partial charge >= 0.3 is 0 Å². The zero-order valence-corrected chi connectivity index (χ0v) is 17.4. The summed E-state index contributed by atoms with van der Waals surface area (Å²) in [5.74, 6) is -0.391. The van der Waals surface area contributed by atoms with Crippen LogP contribution in [0.5, 0.6) is 0 Å². The molecule has 11 heteroatoms. The molecule has 5 N–H and O–H groups in total. The Balaban J connectivity index is 1.77. The molecule has 29 heavy (non-hydrogen) atoms. The van der Waals surface area contributed by atoms with Crippen molar-refractivity contribution in [2.75, 3.05) is 44.7 Å². The Hall–Kier alpha value is -2.18. The van der Waals surface area contributed by atoms with Crippen molar-refractivity contribution in [2.45, 2.75) is 11.6 Å². The number of carbonyl (C=O) groups excluding carboxylic acids is 2. The molecular formula is C18H24N6O3S2. The number of ether oxygens (including phenoxy) is 1. The molecule has 0 saturated carbocycles. The van der Waals surface area contributed by atoms with Gasteiger partial charge in [-0.2, -0.15) is 0 Å². The first kappa shape index (κ1) is 21.5. The van der Waals surface area contributed by atoms with E-state index in [1.54, 1.807) is 24.3 Å². The van der Waals surface area contributed by atoms with Crippen LogP contribution in [-0.2, 0) is 19.9 Å². The van der Waals surface area contributed by atoms with Crippen LogP contribution in [0, 0.1) is 3.95 Å². The van der Waals surface area contributed by atoms with Gasteiger partial charge in [-0.15, -0.1) is 5.10 Å². The summed E-state index contributed by atoms with van der Waals surface area (Å²) in [7, 11) is 0. The van der Waals surface area contributed by atoms with Crippen LogP contribution < -0.4 is 16.4 Å². The Morgan fingerprint density at radius 1 is 1.41 bits per heavy atom. The zero-order valence-electron chi connectivity index (χ0n) is 15.8. The maximum absolute atomic E-state index is 13.1. The number of rotatable bonds is 9. The van der Waals surface area contributed by atoms with E-state index in [0.29, 0.717) is 47.2 Å². The van der Waals surface area contributed by atoms with Crippen LogP contribution >= 0.6 is 23.6 Å². The van der Waals surface area contributed by atoms with Gasteiger partial charge in [-0.3, -0.25) is 14.8 Å². The first-order valence-corrected chi connectivity index (χ1v) is 10.5. The predicted molar refractivity (Wildman–Crippen MR) is 113 cm³/mol. The van der Waals surface area contributed by atoms with E-state index >= 15 is 0 Å². The fraction of sp³-hybridized carbons (Fsp3) is 0.444. The highest BCUT2D eigenvalue weighted by atomic mass is 32.1. The average Bonchev–Trinajstić information content (AvgIpc) is 3.17. The number of amides is 1. The molecule has 0 radical (unpaired) electrons. The van der Waals surface area contributed by atoms with Gasteiger partial charge in [-0.05, 0) is 17.8 Å². The zero-order chi connectivity index (χ0) is 20.7. The second-order valence-electron chi connectivity index (χ2n) is 6.66. The minimum Gasteiger partial charge on any atom is -0.379 e. The van der Waals surface area contributed by atoms with Crippen LogP contribution in [0.4, 0.5) is 5.13 Å².